The van der Waals surface area contributed by atoms with Gasteiger partial charge in [-0.3, -0.25) is 0 Å². The van der Waals surface area contributed by atoms with Gasteiger partial charge in [-0.15, -0.1) is 0 Å². The molecule has 0 saturated heterocycles. The molecule has 2 fully saturated rings. The molecule has 0 unspecified atom stereocenters. The van der Waals surface area contributed by atoms with Gasteiger partial charge in [-0.1, -0.05) is 38.5 Å². The van der Waals surface area contributed by atoms with Crippen LogP contribution in [-0.4, -0.2) is 5.54 Å². The summed E-state index contributed by atoms with van der Waals surface area (Å²) in [7, 11) is 0. The van der Waals surface area contributed by atoms with Crippen molar-refractivity contribution in [2.24, 2.45) is 3.34 Å². The Morgan fingerprint density at radius 2 is 1.19 bits per heavy atom. The molecule has 2 saturated carbocycles. The van der Waals surface area contributed by atoms with E-state index in [-0.39, 0.29) is 5.54 Å². The van der Waals surface area contributed by atoms with Crippen LogP contribution in [0.3, 0.4) is 0 Å². The molecule has 2 aliphatic rings. The zero-order chi connectivity index (χ0) is 16.4. The molecule has 1 nitrogen and oxygen atoms in total. The van der Waals surface area contributed by atoms with Gasteiger partial charge in [0.1, 0.15) is 0 Å². The van der Waals surface area contributed by atoms with Gasteiger partial charge in [0.2, 0.25) is 0 Å². The van der Waals surface area contributed by atoms with Crippen LogP contribution in [0.1, 0.15) is 98.3 Å². The van der Waals surface area contributed by atoms with E-state index in [1.54, 1.807) is 27.8 Å². The second-order valence-electron chi connectivity index (χ2n) is 6.12. The maximum atomic E-state index is 4.19. The van der Waals surface area contributed by atoms with E-state index in [1.165, 1.54) is 64.2 Å². The van der Waals surface area contributed by atoms with E-state index in [4.69, 9.17) is 0 Å². The summed E-state index contributed by atoms with van der Waals surface area (Å²) in [4.78, 5) is 0. The molecule has 2 heteroatoms. The monoisotopic (exact) mass is 373 g/mol. The summed E-state index contributed by atoms with van der Waals surface area (Å²) in [5.74, 6) is 0. The molecule has 2 rings (SSSR count). The molecule has 2 aliphatic carbocycles. The predicted octanol–water partition coefficient (Wildman–Crippen LogP) is 7.06. The van der Waals surface area contributed by atoms with Gasteiger partial charge in [0.15, 0.2) is 0 Å². The van der Waals surface area contributed by atoms with Crippen molar-refractivity contribution in [1.82, 2.24) is 0 Å². The first-order valence-corrected chi connectivity index (χ1v) is 9.81. The zero-order valence-corrected chi connectivity index (χ0v) is 17.2. The maximum absolute atomic E-state index is 4.19. The molecular formula is C19H38NNb-3. The largest absolute Gasteiger partial charge is 0.346 e. The van der Waals surface area contributed by atoms with Gasteiger partial charge in [-0.2, -0.15) is 32.6 Å². The van der Waals surface area contributed by atoms with Crippen molar-refractivity contribution in [2.45, 2.75) is 104 Å². The van der Waals surface area contributed by atoms with Gasteiger partial charge in [0.05, 0.1) is 0 Å². The van der Waals surface area contributed by atoms with Gasteiger partial charge >= 0.3 is 57.0 Å². The molecule has 0 radical (unpaired) electrons. The van der Waals surface area contributed by atoms with Crippen molar-refractivity contribution in [2.75, 3.05) is 0 Å². The second-order valence-corrected chi connectivity index (χ2v) is 6.61. The summed E-state index contributed by atoms with van der Waals surface area (Å²) >= 11 is 1.55. The molecule has 0 bridgehead atoms. The molecule has 0 aromatic carbocycles. The Hall–Kier alpha value is 0.540. The van der Waals surface area contributed by atoms with Crippen LogP contribution in [0, 0.1) is 19.8 Å². The van der Waals surface area contributed by atoms with Gasteiger partial charge < -0.3 is 19.8 Å². The fourth-order valence-electron chi connectivity index (χ4n) is 1.87. The Labute approximate surface area is 147 Å². The van der Waals surface area contributed by atoms with Gasteiger partial charge in [-0.25, -0.2) is 0 Å². The van der Waals surface area contributed by atoms with Gasteiger partial charge in [-0.05, 0) is 0 Å². The van der Waals surface area contributed by atoms with E-state index in [0.717, 1.165) is 6.42 Å². The Bertz CT molecular complexity index is 159. The van der Waals surface area contributed by atoms with Crippen LogP contribution in [-0.2, 0) is 20.9 Å². The first-order valence-electron chi connectivity index (χ1n) is 8.82. The number of rotatable bonds is 2. The van der Waals surface area contributed by atoms with Gasteiger partial charge in [0.25, 0.3) is 0 Å². The standard InChI is InChI=1S/2C6H11.C5H11N.C2H5.Nb/c2*1-2-4-6-5-3-1;1-4-5(2,3)6;1-2;/h2*1H,2-6H2;4H2,1-3H3;1H2,2H3;/q2*-1;;-1;. The Balaban J connectivity index is 0. The normalized spacial score (nSPS) is 17.7. The van der Waals surface area contributed by atoms with Crippen molar-refractivity contribution in [1.29, 1.82) is 0 Å². The van der Waals surface area contributed by atoms with Crippen LogP contribution in [0.4, 0.5) is 0 Å². The molecule has 0 heterocycles. The fourth-order valence-corrected chi connectivity index (χ4v) is 2.22. The first-order chi connectivity index (χ1) is 10.1. The van der Waals surface area contributed by atoms with E-state index < -0.39 is 0 Å². The Morgan fingerprint density at radius 3 is 1.24 bits per heavy atom. The van der Waals surface area contributed by atoms with Crippen LogP contribution in [0.2, 0.25) is 0 Å². The molecule has 127 valence electrons. The van der Waals surface area contributed by atoms with E-state index in [2.05, 4.69) is 43.9 Å². The van der Waals surface area contributed by atoms with Crippen molar-refractivity contribution < 1.29 is 20.9 Å². The van der Waals surface area contributed by atoms with E-state index >= 15 is 0 Å². The molecular weight excluding hydrogens is 335 g/mol. The predicted molar refractivity (Wildman–Crippen MR) is 92.6 cm³/mol. The summed E-state index contributed by atoms with van der Waals surface area (Å²) in [5, 5.41) is 0. The van der Waals surface area contributed by atoms with Crippen molar-refractivity contribution in [3.8, 4) is 0 Å². The van der Waals surface area contributed by atoms with E-state index in [9.17, 15) is 0 Å². The third-order valence-electron chi connectivity index (χ3n) is 3.77. The molecule has 21 heavy (non-hydrogen) atoms. The fraction of sp³-hybridized carbons (Fsp3) is 0.842. The van der Waals surface area contributed by atoms with E-state index in [0.29, 0.717) is 0 Å². The zero-order valence-electron chi connectivity index (χ0n) is 15.0. The minimum atomic E-state index is 0.231. The number of hydrogen-bond acceptors (Lipinski definition) is 1. The molecule has 0 amide bonds. The number of nitrogens with zero attached hydrogens (tertiary/aromatic N) is 1. The maximum Gasteiger partial charge on any atom is -0.0582 e. The van der Waals surface area contributed by atoms with Crippen LogP contribution < -0.4 is 0 Å². The van der Waals surface area contributed by atoms with Crippen LogP contribution >= 0.6 is 0 Å². The van der Waals surface area contributed by atoms with Crippen LogP contribution in [0.5, 0.6) is 0 Å². The SMILES string of the molecule is CCC(C)(C)[N]=[Nb].[CH-]1CCCCC1.[CH-]1CCCCC1.[CH2-]C. The third kappa shape index (κ3) is 20.5. The second kappa shape index (κ2) is 18.6. The van der Waals surface area contributed by atoms with Crippen molar-refractivity contribution >= 4 is 0 Å². The molecule has 0 atom stereocenters. The molecule has 0 aliphatic heterocycles. The number of hydrogen-bond donors (Lipinski definition) is 0. The smallest absolute Gasteiger partial charge is 0.0582 e. The van der Waals surface area contributed by atoms with Gasteiger partial charge in [0, 0.05) is 0 Å². The average molecular weight is 373 g/mol. The van der Waals surface area contributed by atoms with Crippen LogP contribution in [0.25, 0.3) is 0 Å². The topological polar surface area (TPSA) is 12.4 Å². The Morgan fingerprint density at radius 1 is 0.857 bits per heavy atom. The molecule has 0 spiro atoms. The molecule has 0 aromatic heterocycles. The van der Waals surface area contributed by atoms with Crippen molar-refractivity contribution in [3.63, 3.8) is 0 Å². The average Bonchev–Trinajstić information content (AvgIpc) is 2.61. The first kappa shape index (κ1) is 23.8. The molecule has 0 aromatic rings. The quantitative estimate of drug-likeness (QED) is 0.363. The summed E-state index contributed by atoms with van der Waals surface area (Å²) in [6.07, 6.45) is 20.1. The van der Waals surface area contributed by atoms with Crippen LogP contribution in [0.15, 0.2) is 3.34 Å². The summed E-state index contributed by atoms with van der Waals surface area (Å²) in [5.41, 5.74) is 0.231. The summed E-state index contributed by atoms with van der Waals surface area (Å²) < 4.78 is 4.19. The summed E-state index contributed by atoms with van der Waals surface area (Å²) in [6.45, 7) is 11.4. The van der Waals surface area contributed by atoms with E-state index in [1.807, 2.05) is 0 Å². The van der Waals surface area contributed by atoms with Crippen molar-refractivity contribution in [3.05, 3.63) is 19.8 Å². The Kier molecular flexibility index (Phi) is 21.1. The minimum absolute atomic E-state index is 0.231. The summed E-state index contributed by atoms with van der Waals surface area (Å²) in [6, 6.07) is 0. The third-order valence-corrected chi connectivity index (χ3v) is 5.10. The minimum Gasteiger partial charge on any atom is -0.346 e. The molecule has 0 N–H and O–H groups in total.